The van der Waals surface area contributed by atoms with Crippen LogP contribution in [0.4, 0.5) is 11.6 Å². The number of nitrogen functional groups attached to an aromatic ring is 2. The predicted molar refractivity (Wildman–Crippen MR) is 174 cm³/mol. The van der Waals surface area contributed by atoms with Crippen molar-refractivity contribution in [3.63, 3.8) is 0 Å². The Morgan fingerprint density at radius 3 is 2.34 bits per heavy atom. The molecule has 0 saturated heterocycles. The normalized spacial score (nSPS) is 10.4. The molecule has 0 bridgehead atoms. The number of nitrogens with zero attached hydrogens (tertiary/aromatic N) is 2. The lowest BCUT2D eigenvalue weighted by molar-refractivity contribution is -0.172. The second-order valence-corrected chi connectivity index (χ2v) is 10.6. The Morgan fingerprint density at radius 2 is 1.64 bits per heavy atom. The third-order valence-corrected chi connectivity index (χ3v) is 7.00. The summed E-state index contributed by atoms with van der Waals surface area (Å²) in [6, 6.07) is 27.2. The van der Waals surface area contributed by atoms with Crippen molar-refractivity contribution >= 4 is 34.5 Å². The number of carbonyl (C=O) groups is 2. The number of aromatic carboxylic acids is 1. The third-order valence-electron chi connectivity index (χ3n) is 7.00. The molecule has 1 aliphatic carbocycles. The maximum absolute atomic E-state index is 11.7. The topological polar surface area (TPSA) is 192 Å². The Balaban J connectivity index is 0.000000212. The summed E-state index contributed by atoms with van der Waals surface area (Å²) in [5.74, 6) is 0.217. The molecule has 2 aliphatic rings. The van der Waals surface area contributed by atoms with Gasteiger partial charge in [0, 0.05) is 59.6 Å². The number of hydrogen-bond acceptors (Lipinski definition) is 8. The number of ether oxygens (including phenoxy) is 1. The number of anilines is 2. The summed E-state index contributed by atoms with van der Waals surface area (Å²) in [6.07, 6.45) is 0. The van der Waals surface area contributed by atoms with Gasteiger partial charge in [0.15, 0.2) is 5.36 Å². The van der Waals surface area contributed by atoms with Gasteiger partial charge in [0.05, 0.1) is 11.6 Å². The molecule has 4 aromatic rings. The van der Waals surface area contributed by atoms with Crippen molar-refractivity contribution in [3.8, 4) is 28.3 Å². The fourth-order valence-electron chi connectivity index (χ4n) is 4.87. The number of carboxylic acid groups (broad SMARTS) is 1. The lowest BCUT2D eigenvalue weighted by Crippen LogP contribution is -3.00. The zero-order chi connectivity index (χ0) is 32.8. The van der Waals surface area contributed by atoms with Crippen LogP contribution in [0, 0.1) is 6.92 Å². The van der Waals surface area contributed by atoms with E-state index in [1.165, 1.54) is 6.92 Å². The minimum absolute atomic E-state index is 0. The second kappa shape index (κ2) is 14.9. The van der Waals surface area contributed by atoms with E-state index in [4.69, 9.17) is 26.0 Å². The summed E-state index contributed by atoms with van der Waals surface area (Å²) in [7, 11) is 0. The molecule has 8 N–H and O–H groups in total. The zero-order valence-electron chi connectivity index (χ0n) is 25.7. The number of amides is 1. The van der Waals surface area contributed by atoms with Crippen molar-refractivity contribution in [2.24, 2.45) is 0 Å². The summed E-state index contributed by atoms with van der Waals surface area (Å²) in [5.41, 5.74) is 17.8. The molecule has 2 heterocycles. The highest BCUT2D eigenvalue weighted by atomic mass is 35.5. The van der Waals surface area contributed by atoms with Gasteiger partial charge in [-0.3, -0.25) is 10.2 Å². The Bertz CT molecular complexity index is 2060. The van der Waals surface area contributed by atoms with Gasteiger partial charge in [-0.25, -0.2) is 9.78 Å². The van der Waals surface area contributed by atoms with Crippen LogP contribution >= 0.6 is 0 Å². The van der Waals surface area contributed by atoms with E-state index in [0.29, 0.717) is 47.0 Å². The monoisotopic (exact) mass is 652 g/mol. The highest BCUT2D eigenvalue weighted by Crippen LogP contribution is 2.41. The summed E-state index contributed by atoms with van der Waals surface area (Å²) < 4.78 is 11.6. The van der Waals surface area contributed by atoms with E-state index < -0.39 is 5.97 Å². The van der Waals surface area contributed by atoms with Crippen LogP contribution in [0.1, 0.15) is 34.1 Å². The van der Waals surface area contributed by atoms with E-state index in [-0.39, 0.29) is 29.8 Å². The van der Waals surface area contributed by atoms with Gasteiger partial charge in [-0.05, 0) is 47.9 Å². The van der Waals surface area contributed by atoms with Crippen molar-refractivity contribution in [2.45, 2.75) is 27.0 Å². The summed E-state index contributed by atoms with van der Waals surface area (Å²) in [5, 5.41) is 19.6. The van der Waals surface area contributed by atoms with Crippen molar-refractivity contribution < 1.29 is 41.7 Å². The van der Waals surface area contributed by atoms with Gasteiger partial charge in [-0.1, -0.05) is 42.5 Å². The first-order chi connectivity index (χ1) is 22.1. The summed E-state index contributed by atoms with van der Waals surface area (Å²) in [6.45, 7) is 4.26. The number of aryl methyl sites for hydroxylation is 1. The largest absolute Gasteiger partial charge is 1.00 e. The maximum Gasteiger partial charge on any atom is 0.336 e. The van der Waals surface area contributed by atoms with Crippen LogP contribution in [0.2, 0.25) is 0 Å². The van der Waals surface area contributed by atoms with E-state index >= 15 is 0 Å². The molecule has 11 nitrogen and oxygen atoms in total. The van der Waals surface area contributed by atoms with E-state index in [0.717, 1.165) is 33.3 Å². The lowest BCUT2D eigenvalue weighted by atomic mass is 9.91. The van der Waals surface area contributed by atoms with Gasteiger partial charge in [0.25, 0.3) is 0 Å². The Hall–Kier alpha value is -5.94. The molecular weight excluding hydrogens is 620 g/mol. The molecule has 0 unspecified atom stereocenters. The SMILES string of the molecule is CC(=O)NCc1ccc(COc2cc(C)nc(N)n2)cc1.Nc1ccc2c(-c3ccccc3C(=O)O)c3ccc(=[NH2+])cc-3oc2c1.[Cl-]. The van der Waals surface area contributed by atoms with Gasteiger partial charge in [0.1, 0.15) is 18.0 Å². The van der Waals surface area contributed by atoms with E-state index in [9.17, 15) is 14.7 Å². The van der Waals surface area contributed by atoms with Crippen LogP contribution in [0.5, 0.6) is 5.88 Å². The van der Waals surface area contributed by atoms with Crippen LogP contribution in [-0.4, -0.2) is 27.0 Å². The minimum atomic E-state index is -0.983. The third kappa shape index (κ3) is 8.41. The molecule has 6 rings (SSSR count). The van der Waals surface area contributed by atoms with Crippen LogP contribution in [0.15, 0.2) is 95.4 Å². The highest BCUT2D eigenvalue weighted by Gasteiger charge is 2.21. The molecule has 0 atom stereocenters. The first kappa shape index (κ1) is 33.9. The summed E-state index contributed by atoms with van der Waals surface area (Å²) >= 11 is 0. The molecule has 47 heavy (non-hydrogen) atoms. The second-order valence-electron chi connectivity index (χ2n) is 10.6. The van der Waals surface area contributed by atoms with Crippen molar-refractivity contribution in [1.82, 2.24) is 15.3 Å². The molecule has 240 valence electrons. The van der Waals surface area contributed by atoms with Crippen LogP contribution in [-0.2, 0) is 17.9 Å². The Kier molecular flexibility index (Phi) is 10.8. The average Bonchev–Trinajstić information content (AvgIpc) is 3.02. The molecule has 0 saturated carbocycles. The quantitative estimate of drug-likeness (QED) is 0.122. The Morgan fingerprint density at radius 1 is 0.915 bits per heavy atom. The lowest BCUT2D eigenvalue weighted by Gasteiger charge is -2.16. The number of rotatable bonds is 7. The molecule has 1 aliphatic heterocycles. The molecule has 1 amide bonds. The minimum Gasteiger partial charge on any atom is -1.00 e. The first-order valence-corrected chi connectivity index (χ1v) is 14.3. The molecular formula is C35H33ClN6O5. The van der Waals surface area contributed by atoms with Gasteiger partial charge >= 0.3 is 5.97 Å². The highest BCUT2D eigenvalue weighted by molar-refractivity contribution is 6.07. The Labute approximate surface area is 276 Å². The van der Waals surface area contributed by atoms with Crippen molar-refractivity contribution in [1.29, 1.82) is 0 Å². The molecule has 1 aromatic heterocycles. The van der Waals surface area contributed by atoms with E-state index in [1.807, 2.05) is 49.4 Å². The zero-order valence-corrected chi connectivity index (χ0v) is 26.4. The average molecular weight is 653 g/mol. The smallest absolute Gasteiger partial charge is 0.336 e. The first-order valence-electron chi connectivity index (χ1n) is 14.3. The number of carbonyl (C=O) groups excluding carboxylic acids is 1. The number of hydrogen-bond donors (Lipinski definition) is 5. The number of halogens is 1. The van der Waals surface area contributed by atoms with Crippen LogP contribution in [0.3, 0.4) is 0 Å². The summed E-state index contributed by atoms with van der Waals surface area (Å²) in [4.78, 5) is 30.6. The van der Waals surface area contributed by atoms with Gasteiger partial charge in [-0.2, -0.15) is 4.98 Å². The fourth-order valence-corrected chi connectivity index (χ4v) is 4.87. The van der Waals surface area contributed by atoms with Gasteiger partial charge < -0.3 is 43.5 Å². The number of nitrogens with one attached hydrogen (secondary N) is 1. The molecule has 12 heteroatoms. The molecule has 0 radical (unpaired) electrons. The van der Waals surface area contributed by atoms with E-state index in [2.05, 4.69) is 15.3 Å². The van der Waals surface area contributed by atoms with Crippen LogP contribution in [0.25, 0.3) is 33.4 Å². The molecule has 0 spiro atoms. The number of carboxylic acids is 1. The van der Waals surface area contributed by atoms with Crippen molar-refractivity contribution in [2.75, 3.05) is 11.5 Å². The number of benzene rings is 4. The maximum atomic E-state index is 11.7. The predicted octanol–water partition coefficient (Wildman–Crippen LogP) is 0.731. The van der Waals surface area contributed by atoms with E-state index in [1.54, 1.807) is 48.5 Å². The van der Waals surface area contributed by atoms with Gasteiger partial charge in [0.2, 0.25) is 17.7 Å². The standard InChI is InChI=1S/C20H14N2O3.C15H18N4O2.ClH/c21-11-5-7-15-17(9-11)25-18-10-12(22)6-8-16(18)19(15)13-3-1-2-4-14(13)20(23)24;1-10-7-14(19-15(16)18-10)21-9-13-5-3-12(4-6-13)8-17-11(2)20;/h1-10,21H,22H2,(H,23,24);3-7H,8-9H2,1-2H3,(H,17,20)(H2,16,18,19);1H. The number of fused-ring (bicyclic) bond motifs is 2. The van der Waals surface area contributed by atoms with Crippen molar-refractivity contribution in [3.05, 3.63) is 119 Å². The molecule has 0 fully saturated rings. The van der Waals surface area contributed by atoms with Gasteiger partial charge in [-0.15, -0.1) is 0 Å². The number of aromatic nitrogens is 2. The number of nitrogens with two attached hydrogens (primary N) is 3. The van der Waals surface area contributed by atoms with Crippen LogP contribution < -0.4 is 44.7 Å². The fraction of sp³-hybridized carbons (Fsp3) is 0.114. The molecule has 3 aromatic carbocycles.